The third kappa shape index (κ3) is 5.91. The largest absolute Gasteiger partial charge is 0.493 e. The van der Waals surface area contributed by atoms with Crippen LogP contribution in [0.2, 0.25) is 0 Å². The van der Waals surface area contributed by atoms with Crippen molar-refractivity contribution in [3.63, 3.8) is 0 Å². The van der Waals surface area contributed by atoms with Crippen molar-refractivity contribution in [1.29, 1.82) is 0 Å². The van der Waals surface area contributed by atoms with E-state index in [1.807, 2.05) is 18.2 Å². The molecule has 1 aromatic heterocycles. The number of aromatic nitrogens is 1. The molecular formula is C25H26FN3O4S. The summed E-state index contributed by atoms with van der Waals surface area (Å²) in [6.07, 6.45) is 3.38. The van der Waals surface area contributed by atoms with Crippen molar-refractivity contribution >= 4 is 23.2 Å². The van der Waals surface area contributed by atoms with E-state index in [-0.39, 0.29) is 36.1 Å². The normalized spacial score (nSPS) is 17.6. The van der Waals surface area contributed by atoms with Crippen molar-refractivity contribution in [3.8, 4) is 11.5 Å². The number of amides is 2. The molecule has 34 heavy (non-hydrogen) atoms. The van der Waals surface area contributed by atoms with Gasteiger partial charge in [-0.15, -0.1) is 11.3 Å². The molecule has 3 aromatic rings. The van der Waals surface area contributed by atoms with Crippen LogP contribution in [-0.2, 0) is 6.61 Å². The lowest BCUT2D eigenvalue weighted by Gasteiger charge is -2.32. The van der Waals surface area contributed by atoms with Gasteiger partial charge >= 0.3 is 0 Å². The Labute approximate surface area is 201 Å². The van der Waals surface area contributed by atoms with Crippen molar-refractivity contribution in [2.45, 2.75) is 44.4 Å². The number of carbonyl (C=O) groups is 2. The standard InChI is InChI=1S/C25H26FN3O4S/c1-32-21-11-4-5-12-22(21)33-14-23-27-20(15-34-23)25(31)29-19-10-3-2-9-18(19)28-24(30)16-7-6-8-17(26)13-16/h4-8,11-13,15,18-19H,2-3,9-10,14H2,1H3,(H,28,30)(H,29,31)/t18-,19-/m0/s1. The van der Waals surface area contributed by atoms with Crippen LogP contribution in [0.3, 0.4) is 0 Å². The molecule has 2 N–H and O–H groups in total. The second-order valence-corrected chi connectivity index (χ2v) is 8.96. The molecule has 1 heterocycles. The van der Waals surface area contributed by atoms with E-state index in [0.29, 0.717) is 22.2 Å². The highest BCUT2D eigenvalue weighted by Gasteiger charge is 2.29. The van der Waals surface area contributed by atoms with Crippen molar-refractivity contribution in [2.75, 3.05) is 7.11 Å². The Balaban J connectivity index is 1.35. The quantitative estimate of drug-likeness (QED) is 0.498. The molecule has 2 amide bonds. The van der Waals surface area contributed by atoms with Crippen LogP contribution in [0.1, 0.15) is 51.5 Å². The fourth-order valence-corrected chi connectivity index (χ4v) is 4.64. The Morgan fingerprint density at radius 2 is 1.74 bits per heavy atom. The Kier molecular flexibility index (Phi) is 7.74. The first kappa shape index (κ1) is 23.7. The number of thiazole rings is 1. The maximum Gasteiger partial charge on any atom is 0.271 e. The highest BCUT2D eigenvalue weighted by Crippen LogP contribution is 2.27. The highest BCUT2D eigenvalue weighted by atomic mass is 32.1. The van der Waals surface area contributed by atoms with E-state index in [2.05, 4.69) is 15.6 Å². The van der Waals surface area contributed by atoms with E-state index in [4.69, 9.17) is 9.47 Å². The van der Waals surface area contributed by atoms with E-state index in [0.717, 1.165) is 25.7 Å². The van der Waals surface area contributed by atoms with E-state index in [1.165, 1.54) is 29.5 Å². The molecule has 0 unspecified atom stereocenters. The lowest BCUT2D eigenvalue weighted by atomic mass is 9.90. The monoisotopic (exact) mass is 483 g/mol. The van der Waals surface area contributed by atoms with Crippen molar-refractivity contribution in [1.82, 2.24) is 15.6 Å². The first-order valence-electron chi connectivity index (χ1n) is 11.1. The second kappa shape index (κ2) is 11.1. The average Bonchev–Trinajstić information content (AvgIpc) is 3.33. The van der Waals surface area contributed by atoms with Gasteiger partial charge in [0.2, 0.25) is 0 Å². The van der Waals surface area contributed by atoms with Crippen LogP contribution >= 0.6 is 11.3 Å². The fourth-order valence-electron chi connectivity index (χ4n) is 3.96. The zero-order chi connectivity index (χ0) is 23.9. The minimum atomic E-state index is -0.463. The van der Waals surface area contributed by atoms with Gasteiger partial charge in [0.25, 0.3) is 11.8 Å². The fraction of sp³-hybridized carbons (Fsp3) is 0.320. The number of rotatable bonds is 8. The van der Waals surface area contributed by atoms with Crippen molar-refractivity contribution in [3.05, 3.63) is 76.0 Å². The minimum absolute atomic E-state index is 0.216. The van der Waals surface area contributed by atoms with Crippen molar-refractivity contribution in [2.24, 2.45) is 0 Å². The van der Waals surface area contributed by atoms with Crippen LogP contribution in [0, 0.1) is 5.82 Å². The number of hydrogen-bond acceptors (Lipinski definition) is 6. The molecule has 1 saturated carbocycles. The number of halogens is 1. The summed E-state index contributed by atoms with van der Waals surface area (Å²) in [5, 5.41) is 8.32. The lowest BCUT2D eigenvalue weighted by molar-refractivity contribution is 0.0860. The molecule has 2 aromatic carbocycles. The van der Waals surface area contributed by atoms with Gasteiger partial charge in [-0.1, -0.05) is 31.0 Å². The van der Waals surface area contributed by atoms with Crippen LogP contribution in [0.5, 0.6) is 11.5 Å². The summed E-state index contributed by atoms with van der Waals surface area (Å²) in [7, 11) is 1.58. The predicted molar refractivity (Wildman–Crippen MR) is 127 cm³/mol. The Morgan fingerprint density at radius 3 is 2.44 bits per heavy atom. The first-order valence-corrected chi connectivity index (χ1v) is 12.0. The molecular weight excluding hydrogens is 457 g/mol. The zero-order valence-electron chi connectivity index (χ0n) is 18.8. The number of methoxy groups -OCH3 is 1. The number of benzene rings is 2. The van der Waals surface area contributed by atoms with Crippen LogP contribution in [0.25, 0.3) is 0 Å². The smallest absolute Gasteiger partial charge is 0.271 e. The average molecular weight is 484 g/mol. The Morgan fingerprint density at radius 1 is 1.03 bits per heavy atom. The number of carbonyl (C=O) groups excluding carboxylic acids is 2. The SMILES string of the molecule is COc1ccccc1OCc1nc(C(=O)N[C@H]2CCCC[C@@H]2NC(=O)c2cccc(F)c2)cs1. The molecule has 4 rings (SSSR count). The number of para-hydroxylation sites is 2. The third-order valence-electron chi connectivity index (χ3n) is 5.69. The Hall–Kier alpha value is -3.46. The molecule has 0 saturated heterocycles. The van der Waals surface area contributed by atoms with Gasteiger partial charge in [0, 0.05) is 23.0 Å². The molecule has 1 fully saturated rings. The molecule has 0 radical (unpaired) electrons. The van der Waals surface area contributed by atoms with Gasteiger partial charge in [0.1, 0.15) is 23.1 Å². The van der Waals surface area contributed by atoms with Crippen LogP contribution in [-0.4, -0.2) is 36.0 Å². The topological polar surface area (TPSA) is 89.6 Å². The summed E-state index contributed by atoms with van der Waals surface area (Å²) in [5.74, 6) is 0.118. The number of nitrogens with one attached hydrogen (secondary N) is 2. The van der Waals surface area contributed by atoms with E-state index in [1.54, 1.807) is 24.6 Å². The van der Waals surface area contributed by atoms with Gasteiger partial charge in [0.05, 0.1) is 7.11 Å². The van der Waals surface area contributed by atoms with Gasteiger partial charge in [0.15, 0.2) is 11.5 Å². The van der Waals surface area contributed by atoms with Gasteiger partial charge in [-0.25, -0.2) is 9.37 Å². The number of hydrogen-bond donors (Lipinski definition) is 2. The first-order chi connectivity index (χ1) is 16.5. The number of nitrogens with zero attached hydrogens (tertiary/aromatic N) is 1. The molecule has 0 bridgehead atoms. The van der Waals surface area contributed by atoms with Crippen LogP contribution < -0.4 is 20.1 Å². The summed E-state index contributed by atoms with van der Waals surface area (Å²) >= 11 is 1.34. The summed E-state index contributed by atoms with van der Waals surface area (Å²) in [4.78, 5) is 29.8. The van der Waals surface area contributed by atoms with E-state index < -0.39 is 5.82 Å². The highest BCUT2D eigenvalue weighted by molar-refractivity contribution is 7.09. The maximum absolute atomic E-state index is 13.5. The molecule has 1 aliphatic carbocycles. The van der Waals surface area contributed by atoms with Crippen LogP contribution in [0.15, 0.2) is 53.9 Å². The van der Waals surface area contributed by atoms with Gasteiger partial charge in [-0.3, -0.25) is 9.59 Å². The van der Waals surface area contributed by atoms with Gasteiger partial charge < -0.3 is 20.1 Å². The summed E-state index contributed by atoms with van der Waals surface area (Å²) in [6, 6.07) is 12.4. The van der Waals surface area contributed by atoms with E-state index >= 15 is 0 Å². The summed E-state index contributed by atoms with van der Waals surface area (Å²) in [6.45, 7) is 0.216. The van der Waals surface area contributed by atoms with Crippen LogP contribution in [0.4, 0.5) is 4.39 Å². The van der Waals surface area contributed by atoms with E-state index in [9.17, 15) is 14.0 Å². The Bertz CT molecular complexity index is 1150. The molecule has 0 spiro atoms. The second-order valence-electron chi connectivity index (χ2n) is 8.02. The third-order valence-corrected chi connectivity index (χ3v) is 6.51. The molecule has 0 aliphatic heterocycles. The maximum atomic E-state index is 13.5. The van der Waals surface area contributed by atoms with Crippen molar-refractivity contribution < 1.29 is 23.5 Å². The predicted octanol–water partition coefficient (Wildman–Crippen LogP) is 4.34. The summed E-state index contributed by atoms with van der Waals surface area (Å²) in [5.41, 5.74) is 0.569. The molecule has 1 aliphatic rings. The molecule has 7 nitrogen and oxygen atoms in total. The molecule has 2 atom stereocenters. The molecule has 178 valence electrons. The zero-order valence-corrected chi connectivity index (χ0v) is 19.6. The molecule has 9 heteroatoms. The van der Waals surface area contributed by atoms with Gasteiger partial charge in [-0.05, 0) is 43.2 Å². The van der Waals surface area contributed by atoms with Gasteiger partial charge in [-0.2, -0.15) is 0 Å². The number of ether oxygens (including phenoxy) is 2. The lowest BCUT2D eigenvalue weighted by Crippen LogP contribution is -2.53. The minimum Gasteiger partial charge on any atom is -0.493 e. The summed E-state index contributed by atoms with van der Waals surface area (Å²) < 4.78 is 24.5.